The van der Waals surface area contributed by atoms with Crippen molar-refractivity contribution in [3.8, 4) is 0 Å². The summed E-state index contributed by atoms with van der Waals surface area (Å²) >= 11 is 0. The number of carbonyl (C=O) groups excluding carboxylic acids is 1. The number of fused-ring (bicyclic) bond motifs is 1. The smallest absolute Gasteiger partial charge is 0.221 e. The van der Waals surface area contributed by atoms with Crippen molar-refractivity contribution in [2.75, 3.05) is 6.54 Å². The molecule has 4 heteroatoms. The highest BCUT2D eigenvalue weighted by molar-refractivity contribution is 5.82. The molecule has 1 amide bonds. The van der Waals surface area contributed by atoms with Crippen LogP contribution < -0.4 is 10.6 Å². The van der Waals surface area contributed by atoms with E-state index in [1.807, 2.05) is 19.2 Å². The van der Waals surface area contributed by atoms with Gasteiger partial charge in [0.25, 0.3) is 0 Å². The molecule has 0 fully saturated rings. The molecule has 0 aliphatic rings. The highest BCUT2D eigenvalue weighted by Gasteiger charge is 2.05. The molecule has 20 heavy (non-hydrogen) atoms. The number of amides is 1. The van der Waals surface area contributed by atoms with Crippen LogP contribution in [0.5, 0.6) is 0 Å². The maximum Gasteiger partial charge on any atom is 0.221 e. The van der Waals surface area contributed by atoms with Crippen molar-refractivity contribution < 1.29 is 4.79 Å². The Morgan fingerprint density at radius 1 is 1.35 bits per heavy atom. The van der Waals surface area contributed by atoms with Gasteiger partial charge in [-0.2, -0.15) is 0 Å². The van der Waals surface area contributed by atoms with E-state index in [4.69, 9.17) is 0 Å². The van der Waals surface area contributed by atoms with Crippen LogP contribution >= 0.6 is 0 Å². The molecule has 1 aromatic heterocycles. The Bertz CT molecular complexity index is 562. The van der Waals surface area contributed by atoms with Crippen LogP contribution in [0.25, 0.3) is 10.9 Å². The van der Waals surface area contributed by atoms with Crippen molar-refractivity contribution in [1.82, 2.24) is 15.6 Å². The van der Waals surface area contributed by atoms with Crippen molar-refractivity contribution in [2.45, 2.75) is 39.3 Å². The molecule has 0 saturated carbocycles. The molecule has 1 atom stereocenters. The lowest BCUT2D eigenvalue weighted by molar-refractivity contribution is -0.121. The van der Waals surface area contributed by atoms with E-state index < -0.39 is 0 Å². The summed E-state index contributed by atoms with van der Waals surface area (Å²) in [6.45, 7) is 5.58. The fourth-order valence-electron chi connectivity index (χ4n) is 2.18. The van der Waals surface area contributed by atoms with Gasteiger partial charge in [0.2, 0.25) is 5.91 Å². The van der Waals surface area contributed by atoms with Crippen LogP contribution in [0, 0.1) is 0 Å². The standard InChI is InChI=1S/C16H23N3O/c1-3-12(2)19-16(20)8-9-17-11-13-5-4-6-15-14(13)7-10-18-15/h4-7,10,12,17-18H,3,8-9,11H2,1-2H3,(H,19,20). The maximum atomic E-state index is 11.6. The lowest BCUT2D eigenvalue weighted by Crippen LogP contribution is -2.33. The zero-order valence-electron chi connectivity index (χ0n) is 12.2. The average Bonchev–Trinajstić information content (AvgIpc) is 2.92. The van der Waals surface area contributed by atoms with Crippen LogP contribution in [0.1, 0.15) is 32.3 Å². The average molecular weight is 273 g/mol. The van der Waals surface area contributed by atoms with Gasteiger partial charge in [0.15, 0.2) is 0 Å². The number of aromatic nitrogens is 1. The van der Waals surface area contributed by atoms with E-state index in [2.05, 4.69) is 40.7 Å². The van der Waals surface area contributed by atoms with Crippen LogP contribution in [-0.2, 0) is 11.3 Å². The number of rotatable bonds is 7. The first-order valence-electron chi connectivity index (χ1n) is 7.25. The van der Waals surface area contributed by atoms with E-state index in [0.717, 1.165) is 18.5 Å². The van der Waals surface area contributed by atoms with Crippen LogP contribution in [0.15, 0.2) is 30.5 Å². The summed E-state index contributed by atoms with van der Waals surface area (Å²) in [5, 5.41) is 7.54. The number of hydrogen-bond donors (Lipinski definition) is 3. The predicted octanol–water partition coefficient (Wildman–Crippen LogP) is 2.56. The van der Waals surface area contributed by atoms with Crippen LogP contribution in [0.4, 0.5) is 0 Å². The number of hydrogen-bond acceptors (Lipinski definition) is 2. The van der Waals surface area contributed by atoms with Gasteiger partial charge in [0.1, 0.15) is 0 Å². The van der Waals surface area contributed by atoms with Gasteiger partial charge in [-0.1, -0.05) is 19.1 Å². The zero-order chi connectivity index (χ0) is 14.4. The lowest BCUT2D eigenvalue weighted by Gasteiger charge is -2.11. The molecule has 1 heterocycles. The lowest BCUT2D eigenvalue weighted by atomic mass is 10.1. The van der Waals surface area contributed by atoms with Gasteiger partial charge in [0, 0.05) is 42.7 Å². The molecule has 2 aromatic rings. The van der Waals surface area contributed by atoms with Crippen molar-refractivity contribution in [3.05, 3.63) is 36.0 Å². The molecular formula is C16H23N3O. The molecule has 108 valence electrons. The Kier molecular flexibility index (Phi) is 5.18. The number of H-pyrrole nitrogens is 1. The van der Waals surface area contributed by atoms with Crippen molar-refractivity contribution in [1.29, 1.82) is 0 Å². The largest absolute Gasteiger partial charge is 0.361 e. The number of aromatic amines is 1. The van der Waals surface area contributed by atoms with E-state index >= 15 is 0 Å². The molecular weight excluding hydrogens is 250 g/mol. The normalized spacial score (nSPS) is 12.5. The van der Waals surface area contributed by atoms with Crippen molar-refractivity contribution >= 4 is 16.8 Å². The first kappa shape index (κ1) is 14.6. The van der Waals surface area contributed by atoms with Crippen LogP contribution in [0.3, 0.4) is 0 Å². The van der Waals surface area contributed by atoms with Crippen LogP contribution in [0.2, 0.25) is 0 Å². The summed E-state index contributed by atoms with van der Waals surface area (Å²) in [4.78, 5) is 14.8. The molecule has 0 bridgehead atoms. The number of carbonyl (C=O) groups is 1. The first-order valence-corrected chi connectivity index (χ1v) is 7.25. The van der Waals surface area contributed by atoms with E-state index in [1.54, 1.807) is 0 Å². The molecule has 0 aliphatic heterocycles. The van der Waals surface area contributed by atoms with E-state index in [9.17, 15) is 4.79 Å². The fourth-order valence-corrected chi connectivity index (χ4v) is 2.18. The summed E-state index contributed by atoms with van der Waals surface area (Å²) in [6, 6.07) is 8.57. The predicted molar refractivity (Wildman–Crippen MR) is 82.5 cm³/mol. The van der Waals surface area contributed by atoms with Gasteiger partial charge >= 0.3 is 0 Å². The minimum atomic E-state index is 0.117. The molecule has 0 spiro atoms. The molecule has 0 saturated heterocycles. The summed E-state index contributed by atoms with van der Waals surface area (Å²) in [5.41, 5.74) is 2.41. The third-order valence-electron chi connectivity index (χ3n) is 3.55. The van der Waals surface area contributed by atoms with Gasteiger partial charge in [-0.05, 0) is 31.0 Å². The molecule has 0 radical (unpaired) electrons. The van der Waals surface area contributed by atoms with Gasteiger partial charge in [-0.3, -0.25) is 4.79 Å². The molecule has 3 N–H and O–H groups in total. The van der Waals surface area contributed by atoms with Gasteiger partial charge in [-0.15, -0.1) is 0 Å². The van der Waals surface area contributed by atoms with Gasteiger partial charge < -0.3 is 15.6 Å². The Morgan fingerprint density at radius 3 is 3.00 bits per heavy atom. The summed E-state index contributed by atoms with van der Waals surface area (Å²) in [7, 11) is 0. The van der Waals surface area contributed by atoms with E-state index in [-0.39, 0.29) is 11.9 Å². The topological polar surface area (TPSA) is 56.9 Å². The Balaban J connectivity index is 1.76. The SMILES string of the molecule is CCC(C)NC(=O)CCNCc1cccc2[nH]ccc12. The second kappa shape index (κ2) is 7.10. The summed E-state index contributed by atoms with van der Waals surface area (Å²) in [6.07, 6.45) is 3.44. The fraction of sp³-hybridized carbons (Fsp3) is 0.438. The van der Waals surface area contributed by atoms with E-state index in [1.165, 1.54) is 10.9 Å². The second-order valence-electron chi connectivity index (χ2n) is 5.16. The van der Waals surface area contributed by atoms with E-state index in [0.29, 0.717) is 13.0 Å². The Morgan fingerprint density at radius 2 is 2.20 bits per heavy atom. The molecule has 1 unspecified atom stereocenters. The summed E-state index contributed by atoms with van der Waals surface area (Å²) < 4.78 is 0. The zero-order valence-corrected chi connectivity index (χ0v) is 12.2. The monoisotopic (exact) mass is 273 g/mol. The molecule has 2 rings (SSSR count). The maximum absolute atomic E-state index is 11.6. The molecule has 0 aliphatic carbocycles. The first-order chi connectivity index (χ1) is 9.70. The summed E-state index contributed by atoms with van der Waals surface area (Å²) in [5.74, 6) is 0.117. The number of nitrogens with one attached hydrogen (secondary N) is 3. The molecule has 4 nitrogen and oxygen atoms in total. The van der Waals surface area contributed by atoms with Crippen molar-refractivity contribution in [2.24, 2.45) is 0 Å². The molecule has 1 aromatic carbocycles. The van der Waals surface area contributed by atoms with Crippen LogP contribution in [-0.4, -0.2) is 23.5 Å². The highest BCUT2D eigenvalue weighted by atomic mass is 16.1. The highest BCUT2D eigenvalue weighted by Crippen LogP contribution is 2.16. The number of benzene rings is 1. The van der Waals surface area contributed by atoms with Gasteiger partial charge in [0.05, 0.1) is 0 Å². The quantitative estimate of drug-likeness (QED) is 0.679. The minimum absolute atomic E-state index is 0.117. The third kappa shape index (κ3) is 3.84. The minimum Gasteiger partial charge on any atom is -0.361 e. The van der Waals surface area contributed by atoms with Crippen molar-refractivity contribution in [3.63, 3.8) is 0 Å². The second-order valence-corrected chi connectivity index (χ2v) is 5.16. The van der Waals surface area contributed by atoms with Gasteiger partial charge in [-0.25, -0.2) is 0 Å². The Labute approximate surface area is 120 Å². The third-order valence-corrected chi connectivity index (χ3v) is 3.55. The Hall–Kier alpha value is -1.81.